The molecule has 1 heterocycles. The Morgan fingerprint density at radius 1 is 1.04 bits per heavy atom. The second-order valence-corrected chi connectivity index (χ2v) is 6.20. The van der Waals surface area contributed by atoms with Gasteiger partial charge in [0.2, 0.25) is 11.8 Å². The van der Waals surface area contributed by atoms with E-state index >= 15 is 0 Å². The molecule has 0 aliphatic heterocycles. The van der Waals surface area contributed by atoms with Gasteiger partial charge in [0, 0.05) is 39.5 Å². The quantitative estimate of drug-likeness (QED) is 0.729. The minimum atomic E-state index is -0.295. The van der Waals surface area contributed by atoms with Crippen molar-refractivity contribution in [1.82, 2.24) is 14.8 Å². The Morgan fingerprint density at radius 3 is 2.38 bits per heavy atom. The molecule has 2 aromatic rings. The van der Waals surface area contributed by atoms with Crippen LogP contribution < -0.4 is 0 Å². The molecule has 5 nitrogen and oxygen atoms in total. The van der Waals surface area contributed by atoms with E-state index in [1.807, 2.05) is 12.1 Å². The van der Waals surface area contributed by atoms with Crippen LogP contribution in [-0.2, 0) is 22.4 Å². The van der Waals surface area contributed by atoms with E-state index < -0.39 is 0 Å². The first-order valence-corrected chi connectivity index (χ1v) is 8.59. The molecule has 0 N–H and O–H groups in total. The lowest BCUT2D eigenvalue weighted by Crippen LogP contribution is -2.42. The van der Waals surface area contributed by atoms with E-state index in [-0.39, 0.29) is 24.2 Å². The van der Waals surface area contributed by atoms with E-state index in [1.54, 1.807) is 42.5 Å². The molecular weight excluding hydrogens is 333 g/mol. The van der Waals surface area contributed by atoms with Crippen LogP contribution in [-0.4, -0.2) is 53.3 Å². The van der Waals surface area contributed by atoms with Gasteiger partial charge in [-0.05, 0) is 42.2 Å². The minimum Gasteiger partial charge on any atom is -0.344 e. The Bertz CT molecular complexity index is 737. The Kier molecular flexibility index (Phi) is 7.26. The number of carbonyl (C=O) groups excluding carboxylic acids is 2. The third-order valence-corrected chi connectivity index (χ3v) is 4.29. The van der Waals surface area contributed by atoms with E-state index in [1.165, 1.54) is 17.9 Å². The highest BCUT2D eigenvalue weighted by Crippen LogP contribution is 2.08. The highest BCUT2D eigenvalue weighted by molar-refractivity contribution is 5.83. The molecule has 0 aliphatic carbocycles. The summed E-state index contributed by atoms with van der Waals surface area (Å²) in [6, 6.07) is 10.3. The normalized spacial score (nSPS) is 10.4. The molecule has 0 aliphatic rings. The number of pyridine rings is 1. The highest BCUT2D eigenvalue weighted by Gasteiger charge is 2.17. The van der Waals surface area contributed by atoms with Crippen LogP contribution in [0.15, 0.2) is 48.8 Å². The van der Waals surface area contributed by atoms with Crippen LogP contribution in [0.25, 0.3) is 0 Å². The third-order valence-electron chi connectivity index (χ3n) is 4.29. The molecule has 0 spiro atoms. The van der Waals surface area contributed by atoms with Crippen molar-refractivity contribution in [3.8, 4) is 0 Å². The SMILES string of the molecule is CC(=O)N(CCc1ccccc1F)CC(=O)N(C)CCc1ccncc1. The Morgan fingerprint density at radius 2 is 1.73 bits per heavy atom. The first kappa shape index (κ1) is 19.6. The van der Waals surface area contributed by atoms with Gasteiger partial charge in [-0.25, -0.2) is 4.39 Å². The van der Waals surface area contributed by atoms with E-state index in [0.29, 0.717) is 25.1 Å². The summed E-state index contributed by atoms with van der Waals surface area (Å²) in [5, 5.41) is 0. The number of benzene rings is 1. The molecule has 26 heavy (non-hydrogen) atoms. The van der Waals surface area contributed by atoms with Crippen molar-refractivity contribution in [2.45, 2.75) is 19.8 Å². The topological polar surface area (TPSA) is 53.5 Å². The number of nitrogens with zero attached hydrogens (tertiary/aromatic N) is 3. The van der Waals surface area contributed by atoms with E-state index in [4.69, 9.17) is 0 Å². The number of hydrogen-bond donors (Lipinski definition) is 0. The average molecular weight is 357 g/mol. The van der Waals surface area contributed by atoms with Crippen LogP contribution in [0, 0.1) is 5.82 Å². The first-order valence-electron chi connectivity index (χ1n) is 8.59. The number of amides is 2. The average Bonchev–Trinajstić information content (AvgIpc) is 2.64. The van der Waals surface area contributed by atoms with Crippen LogP contribution in [0.1, 0.15) is 18.1 Å². The summed E-state index contributed by atoms with van der Waals surface area (Å²) < 4.78 is 13.7. The summed E-state index contributed by atoms with van der Waals surface area (Å²) >= 11 is 0. The van der Waals surface area contributed by atoms with E-state index in [2.05, 4.69) is 4.98 Å². The number of likely N-dealkylation sites (N-methyl/N-ethyl adjacent to an activating group) is 1. The number of carbonyl (C=O) groups is 2. The van der Waals surface area contributed by atoms with Gasteiger partial charge in [-0.1, -0.05) is 18.2 Å². The fourth-order valence-corrected chi connectivity index (χ4v) is 2.56. The Balaban J connectivity index is 1.86. The standard InChI is InChI=1S/C20H24FN3O2/c1-16(25)24(14-10-18-5-3-4-6-19(18)21)15-20(26)23(2)13-9-17-7-11-22-12-8-17/h3-8,11-12H,9-10,13-15H2,1-2H3. The van der Waals surface area contributed by atoms with Gasteiger partial charge in [0.15, 0.2) is 0 Å². The van der Waals surface area contributed by atoms with Crippen molar-refractivity contribution >= 4 is 11.8 Å². The van der Waals surface area contributed by atoms with Gasteiger partial charge in [0.05, 0.1) is 6.54 Å². The summed E-state index contributed by atoms with van der Waals surface area (Å²) in [6.45, 7) is 2.28. The zero-order chi connectivity index (χ0) is 18.9. The van der Waals surface area contributed by atoms with Gasteiger partial charge in [0.1, 0.15) is 5.82 Å². The maximum Gasteiger partial charge on any atom is 0.241 e. The van der Waals surface area contributed by atoms with Crippen molar-refractivity contribution in [3.05, 3.63) is 65.7 Å². The predicted octanol–water partition coefficient (Wildman–Crippen LogP) is 2.31. The van der Waals surface area contributed by atoms with Crippen molar-refractivity contribution in [2.75, 3.05) is 26.7 Å². The van der Waals surface area contributed by atoms with Gasteiger partial charge < -0.3 is 9.80 Å². The van der Waals surface area contributed by atoms with Crippen LogP contribution in [0.4, 0.5) is 4.39 Å². The largest absolute Gasteiger partial charge is 0.344 e. The Labute approximate surface area is 153 Å². The van der Waals surface area contributed by atoms with Crippen molar-refractivity contribution in [3.63, 3.8) is 0 Å². The molecule has 0 bridgehead atoms. The van der Waals surface area contributed by atoms with Gasteiger partial charge in [-0.2, -0.15) is 0 Å². The smallest absolute Gasteiger partial charge is 0.241 e. The number of hydrogen-bond acceptors (Lipinski definition) is 3. The molecule has 138 valence electrons. The molecule has 2 rings (SSSR count). The van der Waals surface area contributed by atoms with Crippen LogP contribution in [0.2, 0.25) is 0 Å². The molecule has 0 fully saturated rings. The maximum absolute atomic E-state index is 13.7. The number of halogens is 1. The van der Waals surface area contributed by atoms with Crippen molar-refractivity contribution in [1.29, 1.82) is 0 Å². The third kappa shape index (κ3) is 5.95. The second-order valence-electron chi connectivity index (χ2n) is 6.20. The lowest BCUT2D eigenvalue weighted by Gasteiger charge is -2.24. The molecule has 0 radical (unpaired) electrons. The summed E-state index contributed by atoms with van der Waals surface area (Å²) in [5.41, 5.74) is 1.64. The lowest BCUT2D eigenvalue weighted by atomic mass is 10.1. The van der Waals surface area contributed by atoms with Gasteiger partial charge in [-0.3, -0.25) is 14.6 Å². The summed E-state index contributed by atoms with van der Waals surface area (Å²) in [7, 11) is 1.72. The predicted molar refractivity (Wildman–Crippen MR) is 97.9 cm³/mol. The molecule has 6 heteroatoms. The van der Waals surface area contributed by atoms with Crippen LogP contribution in [0.3, 0.4) is 0 Å². The number of rotatable bonds is 8. The van der Waals surface area contributed by atoms with E-state index in [0.717, 1.165) is 12.0 Å². The van der Waals surface area contributed by atoms with Gasteiger partial charge >= 0.3 is 0 Å². The lowest BCUT2D eigenvalue weighted by molar-refractivity contribution is -0.138. The van der Waals surface area contributed by atoms with Gasteiger partial charge in [-0.15, -0.1) is 0 Å². The molecule has 1 aromatic heterocycles. The maximum atomic E-state index is 13.7. The number of aromatic nitrogens is 1. The zero-order valence-corrected chi connectivity index (χ0v) is 15.2. The summed E-state index contributed by atoms with van der Waals surface area (Å²) in [4.78, 5) is 31.3. The monoisotopic (exact) mass is 357 g/mol. The fraction of sp³-hybridized carbons (Fsp3) is 0.350. The Hall–Kier alpha value is -2.76. The molecule has 1 aromatic carbocycles. The zero-order valence-electron chi connectivity index (χ0n) is 15.2. The fourth-order valence-electron chi connectivity index (χ4n) is 2.56. The second kappa shape index (κ2) is 9.65. The van der Waals surface area contributed by atoms with Crippen molar-refractivity contribution < 1.29 is 14.0 Å². The molecule has 0 atom stereocenters. The molecule has 0 saturated carbocycles. The van der Waals surface area contributed by atoms with Gasteiger partial charge in [0.25, 0.3) is 0 Å². The van der Waals surface area contributed by atoms with Crippen LogP contribution >= 0.6 is 0 Å². The minimum absolute atomic E-state index is 0.00334. The van der Waals surface area contributed by atoms with E-state index in [9.17, 15) is 14.0 Å². The highest BCUT2D eigenvalue weighted by atomic mass is 19.1. The molecular formula is C20H24FN3O2. The van der Waals surface area contributed by atoms with Crippen molar-refractivity contribution in [2.24, 2.45) is 0 Å². The molecule has 0 unspecified atom stereocenters. The molecule has 2 amide bonds. The summed E-state index contributed by atoms with van der Waals surface area (Å²) in [6.07, 6.45) is 4.54. The first-order chi connectivity index (χ1) is 12.5. The van der Waals surface area contributed by atoms with Crippen LogP contribution in [0.5, 0.6) is 0 Å². The summed E-state index contributed by atoms with van der Waals surface area (Å²) in [5.74, 6) is -0.628. The molecule has 0 saturated heterocycles.